The fourth-order valence-electron chi connectivity index (χ4n) is 5.79. The Labute approximate surface area is 218 Å². The molecule has 1 amide bonds. The summed E-state index contributed by atoms with van der Waals surface area (Å²) in [6.07, 6.45) is 5.89. The molecule has 5 rings (SSSR count). The molecule has 198 valence electrons. The Balaban J connectivity index is 1.85. The first-order valence-electron chi connectivity index (χ1n) is 12.3. The minimum Gasteiger partial charge on any atom is -0.493 e. The number of morpholine rings is 1. The van der Waals surface area contributed by atoms with Crippen LogP contribution in [0.15, 0.2) is 53.4 Å². The maximum atomic E-state index is 14.0. The first-order valence-corrected chi connectivity index (χ1v) is 12.3. The second kappa shape index (κ2) is 10.0. The molecular weight excluding hydrogens is 490 g/mol. The molecule has 0 spiro atoms. The number of amides is 1. The maximum absolute atomic E-state index is 14.0. The van der Waals surface area contributed by atoms with Crippen molar-refractivity contribution in [3.05, 3.63) is 76.0 Å². The SMILES string of the molecule is CONC(=O)[C@]1(c2[nH]c(=O)[nH]c2O)C=CC(c2cc(C)nc3ccccc23)=C[C@@]1(CC=O)N1CCOCC1. The molecule has 1 aliphatic carbocycles. The van der Waals surface area contributed by atoms with Gasteiger partial charge in [0, 0.05) is 30.6 Å². The van der Waals surface area contributed by atoms with Crippen LogP contribution >= 0.6 is 0 Å². The van der Waals surface area contributed by atoms with E-state index in [4.69, 9.17) is 9.57 Å². The van der Waals surface area contributed by atoms with Crippen LogP contribution in [0, 0.1) is 6.92 Å². The summed E-state index contributed by atoms with van der Waals surface area (Å²) in [5, 5.41) is 11.7. The van der Waals surface area contributed by atoms with E-state index in [-0.39, 0.29) is 12.1 Å². The molecule has 3 aromatic rings. The third-order valence-corrected chi connectivity index (χ3v) is 7.37. The van der Waals surface area contributed by atoms with Crippen LogP contribution in [0.4, 0.5) is 0 Å². The predicted octanol–water partition coefficient (Wildman–Crippen LogP) is 1.49. The van der Waals surface area contributed by atoms with E-state index in [1.54, 1.807) is 12.2 Å². The van der Waals surface area contributed by atoms with E-state index >= 15 is 0 Å². The molecule has 3 heterocycles. The molecule has 1 fully saturated rings. The van der Waals surface area contributed by atoms with E-state index in [0.717, 1.165) is 34.0 Å². The fraction of sp³-hybridized carbons (Fsp3) is 0.333. The topological polar surface area (TPSA) is 150 Å². The van der Waals surface area contributed by atoms with Gasteiger partial charge in [0.1, 0.15) is 17.4 Å². The van der Waals surface area contributed by atoms with Crippen LogP contribution in [-0.4, -0.2) is 76.1 Å². The lowest BCUT2D eigenvalue weighted by atomic mass is 9.60. The number of ether oxygens (including phenoxy) is 1. The molecule has 11 nitrogen and oxygen atoms in total. The monoisotopic (exact) mass is 519 g/mol. The number of benzene rings is 1. The van der Waals surface area contributed by atoms with E-state index in [9.17, 15) is 19.5 Å². The number of allylic oxidation sites excluding steroid dienone is 2. The highest BCUT2D eigenvalue weighted by molar-refractivity contribution is 6.00. The number of nitrogens with zero attached hydrogens (tertiary/aromatic N) is 2. The number of hydrogen-bond donors (Lipinski definition) is 4. The summed E-state index contributed by atoms with van der Waals surface area (Å²) in [6.45, 7) is 3.46. The van der Waals surface area contributed by atoms with Crippen LogP contribution in [0.1, 0.15) is 23.4 Å². The van der Waals surface area contributed by atoms with Gasteiger partial charge in [0.25, 0.3) is 5.91 Å². The van der Waals surface area contributed by atoms with Crippen LogP contribution in [0.3, 0.4) is 0 Å². The van der Waals surface area contributed by atoms with Crippen molar-refractivity contribution in [2.24, 2.45) is 0 Å². The van der Waals surface area contributed by atoms with Gasteiger partial charge in [-0.1, -0.05) is 36.4 Å². The van der Waals surface area contributed by atoms with Gasteiger partial charge in [-0.15, -0.1) is 0 Å². The largest absolute Gasteiger partial charge is 0.493 e. The zero-order valence-electron chi connectivity index (χ0n) is 21.1. The Bertz CT molecular complexity index is 1500. The van der Waals surface area contributed by atoms with Gasteiger partial charge in [-0.25, -0.2) is 10.3 Å². The number of hydroxylamine groups is 1. The highest BCUT2D eigenvalue weighted by Crippen LogP contribution is 2.50. The van der Waals surface area contributed by atoms with Crippen LogP contribution in [0.2, 0.25) is 0 Å². The first-order chi connectivity index (χ1) is 18.4. The van der Waals surface area contributed by atoms with Gasteiger partial charge >= 0.3 is 5.69 Å². The molecule has 0 unspecified atom stereocenters. The number of pyridine rings is 1. The third-order valence-electron chi connectivity index (χ3n) is 7.37. The zero-order chi connectivity index (χ0) is 26.9. The van der Waals surface area contributed by atoms with Gasteiger partial charge in [0.15, 0.2) is 0 Å². The summed E-state index contributed by atoms with van der Waals surface area (Å²) < 4.78 is 5.59. The average Bonchev–Trinajstić information content (AvgIpc) is 3.26. The standard InChI is InChI=1S/C27H29N5O6/c1-17-15-20(19-5-3-4-6-21(19)28-17)18-7-8-27(24(35)31-37-2,22-23(34)30-25(36)29-22)26(16-18,9-12-33)32-10-13-38-14-11-32/h3-8,12,15-16,34H,9-11,13-14H2,1-2H3,(H,31,35)(H2,29,30,36)/t26-,27-/m1/s1. The molecule has 2 aromatic heterocycles. The smallest absolute Gasteiger partial charge is 0.326 e. The summed E-state index contributed by atoms with van der Waals surface area (Å²) in [4.78, 5) is 55.2. The highest BCUT2D eigenvalue weighted by Gasteiger charge is 2.61. The number of aromatic nitrogens is 3. The number of hydrogen-bond acceptors (Lipinski definition) is 8. The molecule has 0 saturated carbocycles. The zero-order valence-corrected chi connectivity index (χ0v) is 21.1. The molecule has 0 radical (unpaired) electrons. The van der Waals surface area contributed by atoms with Crippen LogP contribution in [0.25, 0.3) is 16.5 Å². The first kappa shape index (κ1) is 25.6. The number of imidazole rings is 1. The number of carbonyl (C=O) groups is 2. The molecule has 2 aliphatic rings. The number of aldehydes is 1. The van der Waals surface area contributed by atoms with E-state index in [0.29, 0.717) is 26.3 Å². The van der Waals surface area contributed by atoms with Crippen molar-refractivity contribution in [1.82, 2.24) is 25.3 Å². The Hall–Kier alpha value is -4.06. The van der Waals surface area contributed by atoms with Crippen molar-refractivity contribution in [1.29, 1.82) is 0 Å². The quantitative estimate of drug-likeness (QED) is 0.271. The Morgan fingerprint density at radius 2 is 2.05 bits per heavy atom. The normalized spacial score (nSPS) is 23.8. The second-order valence-corrected chi connectivity index (χ2v) is 9.40. The number of nitrogens with one attached hydrogen (secondary N) is 3. The molecule has 1 saturated heterocycles. The van der Waals surface area contributed by atoms with E-state index in [2.05, 4.69) is 20.4 Å². The Morgan fingerprint density at radius 3 is 2.74 bits per heavy atom. The fourth-order valence-corrected chi connectivity index (χ4v) is 5.79. The lowest BCUT2D eigenvalue weighted by molar-refractivity contribution is -0.143. The van der Waals surface area contributed by atoms with Crippen molar-refractivity contribution >= 4 is 28.7 Å². The Kier molecular flexibility index (Phi) is 6.74. The van der Waals surface area contributed by atoms with E-state index < -0.39 is 28.4 Å². The average molecular weight is 520 g/mol. The van der Waals surface area contributed by atoms with Crippen LogP contribution < -0.4 is 11.2 Å². The van der Waals surface area contributed by atoms with Crippen molar-refractivity contribution in [3.8, 4) is 5.88 Å². The summed E-state index contributed by atoms with van der Waals surface area (Å²) >= 11 is 0. The second-order valence-electron chi connectivity index (χ2n) is 9.40. The summed E-state index contributed by atoms with van der Waals surface area (Å²) in [5.41, 5.74) is 1.76. The third kappa shape index (κ3) is 3.95. The number of carbonyl (C=O) groups excluding carboxylic acids is 2. The van der Waals surface area contributed by atoms with Gasteiger partial charge in [0.2, 0.25) is 5.88 Å². The number of rotatable bonds is 7. The molecule has 1 aromatic carbocycles. The maximum Gasteiger partial charge on any atom is 0.326 e. The minimum absolute atomic E-state index is 0.0762. The van der Waals surface area contributed by atoms with Crippen molar-refractivity contribution in [2.75, 3.05) is 33.4 Å². The number of para-hydroxylation sites is 1. The highest BCUT2D eigenvalue weighted by atomic mass is 16.6. The number of aromatic amines is 2. The summed E-state index contributed by atoms with van der Waals surface area (Å²) in [7, 11) is 1.29. The van der Waals surface area contributed by atoms with Crippen LogP contribution in [0.5, 0.6) is 5.88 Å². The van der Waals surface area contributed by atoms with Gasteiger partial charge in [0.05, 0.1) is 31.4 Å². The molecule has 1 aliphatic heterocycles. The summed E-state index contributed by atoms with van der Waals surface area (Å²) in [6, 6.07) is 9.70. The number of fused-ring (bicyclic) bond motifs is 1. The number of aromatic hydroxyl groups is 1. The molecule has 2 atom stereocenters. The van der Waals surface area contributed by atoms with E-state index in [1.165, 1.54) is 7.11 Å². The van der Waals surface area contributed by atoms with Crippen molar-refractivity contribution < 1.29 is 24.3 Å². The van der Waals surface area contributed by atoms with Gasteiger partial charge in [-0.05, 0) is 30.2 Å². The Morgan fingerprint density at radius 1 is 1.29 bits per heavy atom. The van der Waals surface area contributed by atoms with E-state index in [1.807, 2.05) is 48.2 Å². The van der Waals surface area contributed by atoms with Gasteiger partial charge < -0.3 is 19.6 Å². The van der Waals surface area contributed by atoms with Gasteiger partial charge in [-0.2, -0.15) is 0 Å². The number of aryl methyl sites for hydroxylation is 1. The molecule has 11 heteroatoms. The molecule has 4 N–H and O–H groups in total. The number of H-pyrrole nitrogens is 2. The van der Waals surface area contributed by atoms with Crippen molar-refractivity contribution in [2.45, 2.75) is 24.3 Å². The van der Waals surface area contributed by atoms with Crippen LogP contribution in [-0.2, 0) is 24.6 Å². The molecule has 0 bridgehead atoms. The minimum atomic E-state index is -1.76. The lowest BCUT2D eigenvalue weighted by Gasteiger charge is -2.53. The molecule has 38 heavy (non-hydrogen) atoms. The van der Waals surface area contributed by atoms with Gasteiger partial charge in [-0.3, -0.25) is 24.5 Å². The predicted molar refractivity (Wildman–Crippen MR) is 139 cm³/mol. The summed E-state index contributed by atoms with van der Waals surface area (Å²) in [5.74, 6) is -1.17. The lowest BCUT2D eigenvalue weighted by Crippen LogP contribution is -2.68. The van der Waals surface area contributed by atoms with Crippen molar-refractivity contribution in [3.63, 3.8) is 0 Å². The molecular formula is C27H29N5O6.